The van der Waals surface area contributed by atoms with Crippen molar-refractivity contribution in [3.63, 3.8) is 0 Å². The Morgan fingerprint density at radius 1 is 0.737 bits per heavy atom. The summed E-state index contributed by atoms with van der Waals surface area (Å²) in [6.07, 6.45) is -1.42. The van der Waals surface area contributed by atoms with Crippen molar-refractivity contribution in [3.05, 3.63) is 107 Å². The molecule has 2 fully saturated rings. The van der Waals surface area contributed by atoms with Crippen molar-refractivity contribution in [1.29, 1.82) is 0 Å². The van der Waals surface area contributed by atoms with Crippen molar-refractivity contribution in [2.75, 3.05) is 13.2 Å². The highest BCUT2D eigenvalue weighted by Gasteiger charge is 2.60. The van der Waals surface area contributed by atoms with E-state index in [0.717, 1.165) is 22.0 Å². The Morgan fingerprint density at radius 2 is 1.34 bits per heavy atom. The molecule has 0 aliphatic carbocycles. The summed E-state index contributed by atoms with van der Waals surface area (Å²) in [6.45, 7) is 5.53. The average molecular weight is 584 g/mol. The molecule has 0 N–H and O–H groups in total. The van der Waals surface area contributed by atoms with Crippen LogP contribution in [-0.4, -0.2) is 43.1 Å². The van der Waals surface area contributed by atoms with E-state index < -0.39 is 23.8 Å². The quantitative estimate of drug-likeness (QED) is 0.267. The van der Waals surface area contributed by atoms with Crippen molar-refractivity contribution in [2.45, 2.75) is 68.9 Å². The highest BCUT2D eigenvalue weighted by molar-refractivity contribution is 9.08. The molecule has 0 bridgehead atoms. The Morgan fingerprint density at radius 3 is 1.95 bits per heavy atom. The van der Waals surface area contributed by atoms with Crippen LogP contribution in [0.4, 0.5) is 0 Å². The minimum Gasteiger partial charge on any atom is -0.368 e. The second-order valence-electron chi connectivity index (χ2n) is 10.1. The van der Waals surface area contributed by atoms with Gasteiger partial charge in [0.05, 0.1) is 26.4 Å². The van der Waals surface area contributed by atoms with Crippen molar-refractivity contribution >= 4 is 15.9 Å². The molecule has 38 heavy (non-hydrogen) atoms. The normalized spacial score (nSPS) is 26.6. The van der Waals surface area contributed by atoms with E-state index in [1.54, 1.807) is 0 Å². The molecule has 2 aliphatic heterocycles. The van der Waals surface area contributed by atoms with Gasteiger partial charge in [0.15, 0.2) is 5.79 Å². The minimum atomic E-state index is -1.11. The van der Waals surface area contributed by atoms with Crippen LogP contribution in [0, 0.1) is 0 Å². The maximum absolute atomic E-state index is 6.67. The van der Waals surface area contributed by atoms with Crippen LogP contribution < -0.4 is 0 Å². The first-order valence-corrected chi connectivity index (χ1v) is 14.1. The Hall–Kier alpha value is -2.10. The summed E-state index contributed by atoms with van der Waals surface area (Å²) in [5.74, 6) is -1.92. The predicted octanol–water partition coefficient (Wildman–Crippen LogP) is 6.15. The third-order valence-corrected chi connectivity index (χ3v) is 7.51. The monoisotopic (exact) mass is 582 g/mol. The zero-order valence-electron chi connectivity index (χ0n) is 21.9. The lowest BCUT2D eigenvalue weighted by Crippen LogP contribution is -2.64. The molecule has 6 nitrogen and oxygen atoms in total. The first-order chi connectivity index (χ1) is 18.5. The molecule has 2 heterocycles. The van der Waals surface area contributed by atoms with Gasteiger partial charge in [0.1, 0.15) is 24.9 Å². The van der Waals surface area contributed by atoms with Gasteiger partial charge in [-0.05, 0) is 36.1 Å². The molecule has 202 valence electrons. The van der Waals surface area contributed by atoms with Crippen LogP contribution in [0.25, 0.3) is 0 Å². The first-order valence-electron chi connectivity index (χ1n) is 13.0. The van der Waals surface area contributed by atoms with Crippen LogP contribution in [0.3, 0.4) is 0 Å². The Labute approximate surface area is 233 Å². The first kappa shape index (κ1) is 27.5. The Kier molecular flexibility index (Phi) is 8.95. The van der Waals surface area contributed by atoms with Crippen LogP contribution in [0.15, 0.2) is 84.9 Å². The molecule has 2 aliphatic rings. The zero-order chi connectivity index (χ0) is 26.4. The third kappa shape index (κ3) is 6.54. The van der Waals surface area contributed by atoms with Gasteiger partial charge in [-0.3, -0.25) is 0 Å². The number of benzene rings is 3. The van der Waals surface area contributed by atoms with Gasteiger partial charge >= 0.3 is 0 Å². The van der Waals surface area contributed by atoms with E-state index in [9.17, 15) is 0 Å². The fourth-order valence-electron chi connectivity index (χ4n) is 4.92. The van der Waals surface area contributed by atoms with Gasteiger partial charge in [-0.25, -0.2) is 0 Å². The van der Waals surface area contributed by atoms with E-state index >= 15 is 0 Å². The average Bonchev–Trinajstić information content (AvgIpc) is 3.26. The van der Waals surface area contributed by atoms with Crippen LogP contribution >= 0.6 is 15.9 Å². The fraction of sp³-hybridized carbons (Fsp3) is 0.419. The topological polar surface area (TPSA) is 55.4 Å². The van der Waals surface area contributed by atoms with E-state index in [0.29, 0.717) is 26.4 Å². The molecular weight excluding hydrogens is 548 g/mol. The van der Waals surface area contributed by atoms with E-state index in [4.69, 9.17) is 28.4 Å². The number of hydrogen-bond donors (Lipinski definition) is 0. The van der Waals surface area contributed by atoms with Crippen molar-refractivity contribution in [2.24, 2.45) is 0 Å². The summed E-state index contributed by atoms with van der Waals surface area (Å²) in [4.78, 5) is 0. The maximum Gasteiger partial charge on any atom is 0.224 e. The molecule has 1 spiro atoms. The second-order valence-corrected chi connectivity index (χ2v) is 10.7. The summed E-state index contributed by atoms with van der Waals surface area (Å²) in [6, 6.07) is 28.4. The molecule has 7 heteroatoms. The summed E-state index contributed by atoms with van der Waals surface area (Å²) < 4.78 is 38.5. The van der Waals surface area contributed by atoms with Gasteiger partial charge in [0.25, 0.3) is 0 Å². The molecule has 0 unspecified atom stereocenters. The lowest BCUT2D eigenvalue weighted by molar-refractivity contribution is -0.356. The van der Waals surface area contributed by atoms with Crippen molar-refractivity contribution in [1.82, 2.24) is 0 Å². The fourth-order valence-corrected chi connectivity index (χ4v) is 5.47. The van der Waals surface area contributed by atoms with Crippen LogP contribution in [0.2, 0.25) is 0 Å². The molecule has 0 amide bonds. The Bertz CT molecular complexity index is 1160. The van der Waals surface area contributed by atoms with Gasteiger partial charge < -0.3 is 28.4 Å². The minimum absolute atomic E-state index is 0.237. The molecule has 0 radical (unpaired) electrons. The van der Waals surface area contributed by atoms with Crippen LogP contribution in [0.1, 0.15) is 36.1 Å². The van der Waals surface area contributed by atoms with Gasteiger partial charge in [0.2, 0.25) is 5.79 Å². The smallest absolute Gasteiger partial charge is 0.224 e. The second kappa shape index (κ2) is 12.4. The molecule has 3 aromatic rings. The Balaban J connectivity index is 1.43. The molecule has 0 saturated carbocycles. The maximum atomic E-state index is 6.67. The number of hydrogen-bond acceptors (Lipinski definition) is 6. The van der Waals surface area contributed by atoms with Gasteiger partial charge in [0, 0.05) is 5.33 Å². The van der Waals surface area contributed by atoms with Gasteiger partial charge in [-0.1, -0.05) is 101 Å². The largest absolute Gasteiger partial charge is 0.368 e. The molecule has 2 saturated heterocycles. The molecular formula is C31H35BrO6. The van der Waals surface area contributed by atoms with E-state index in [1.807, 2.05) is 74.5 Å². The molecule has 0 aromatic heterocycles. The zero-order valence-corrected chi connectivity index (χ0v) is 23.5. The van der Waals surface area contributed by atoms with Gasteiger partial charge in [-0.15, -0.1) is 0 Å². The lowest BCUT2D eigenvalue weighted by atomic mass is 9.96. The highest BCUT2D eigenvalue weighted by Crippen LogP contribution is 2.42. The van der Waals surface area contributed by atoms with E-state index in [2.05, 4.69) is 40.2 Å². The van der Waals surface area contributed by atoms with E-state index in [-0.39, 0.29) is 12.7 Å². The van der Waals surface area contributed by atoms with Crippen molar-refractivity contribution in [3.8, 4) is 0 Å². The van der Waals surface area contributed by atoms with E-state index in [1.165, 1.54) is 5.56 Å². The number of ether oxygens (including phenoxy) is 6. The highest BCUT2D eigenvalue weighted by atomic mass is 79.9. The van der Waals surface area contributed by atoms with Gasteiger partial charge in [-0.2, -0.15) is 0 Å². The number of alkyl halides is 1. The van der Waals surface area contributed by atoms with Crippen LogP contribution in [-0.2, 0) is 53.6 Å². The van der Waals surface area contributed by atoms with Crippen molar-refractivity contribution < 1.29 is 28.4 Å². The predicted molar refractivity (Wildman–Crippen MR) is 147 cm³/mol. The van der Waals surface area contributed by atoms with Crippen LogP contribution in [0.5, 0.6) is 0 Å². The lowest BCUT2D eigenvalue weighted by Gasteiger charge is -2.47. The summed E-state index contributed by atoms with van der Waals surface area (Å²) in [5.41, 5.74) is 4.41. The SMILES string of the molecule is CC1(C)OC[C@]2(OC[C@@H](OCc3ccccc3)[C@@H](OCc3ccccc3)[C@@H]2OCc2ccccc2CBr)O1. The number of halogens is 1. The molecule has 4 atom stereocenters. The summed E-state index contributed by atoms with van der Waals surface area (Å²) in [7, 11) is 0. The number of rotatable bonds is 10. The molecule has 5 rings (SSSR count). The standard InChI is InChI=1S/C31H35BrO6/c1-30(2)37-22-31(38-30)29(35-20-26-16-10-9-15-25(26)17-32)28(34-19-24-13-7-4-8-14-24)27(21-36-31)33-18-23-11-5-3-6-12-23/h3-16,27-29H,17-22H2,1-2H3/t27-,28-,29+,31+/m1/s1. The third-order valence-electron chi connectivity index (χ3n) is 6.90. The summed E-state index contributed by atoms with van der Waals surface area (Å²) in [5, 5.41) is 0.738. The molecule has 3 aromatic carbocycles. The summed E-state index contributed by atoms with van der Waals surface area (Å²) >= 11 is 3.59.